The van der Waals surface area contributed by atoms with Gasteiger partial charge in [-0.1, -0.05) is 12.1 Å². The van der Waals surface area contributed by atoms with Gasteiger partial charge in [0.15, 0.2) is 0 Å². The average molecular weight is 317 g/mol. The molecule has 1 heterocycles. The number of hydrogen-bond donors (Lipinski definition) is 3. The number of halogens is 1. The molecule has 120 valence electrons. The molecule has 3 N–H and O–H groups in total. The molecule has 7 heteroatoms. The van der Waals surface area contributed by atoms with Crippen molar-refractivity contribution >= 4 is 12.1 Å². The molecule has 0 bridgehead atoms. The molecule has 2 aromatic rings. The molecule has 0 aliphatic carbocycles. The topological polar surface area (TPSA) is 94.8 Å². The van der Waals surface area contributed by atoms with Crippen molar-refractivity contribution in [2.45, 2.75) is 20.0 Å². The fourth-order valence-corrected chi connectivity index (χ4v) is 1.92. The van der Waals surface area contributed by atoms with E-state index in [1.165, 1.54) is 36.7 Å². The summed E-state index contributed by atoms with van der Waals surface area (Å²) in [6.07, 6.45) is 2.72. The first-order valence-electron chi connectivity index (χ1n) is 6.86. The number of nitrogens with one attached hydrogen (secondary N) is 1. The maximum atomic E-state index is 12.8. The Hall–Kier alpha value is -2.80. The van der Waals surface area contributed by atoms with Crippen molar-refractivity contribution in [3.05, 3.63) is 58.7 Å². The molecule has 0 radical (unpaired) electrons. The molecule has 0 saturated carbocycles. The Bertz CT molecular complexity index is 730. The fraction of sp³-hybridized carbons (Fsp3) is 0.188. The summed E-state index contributed by atoms with van der Waals surface area (Å²) in [6, 6.07) is 5.58. The summed E-state index contributed by atoms with van der Waals surface area (Å²) in [5, 5.41) is 22.9. The van der Waals surface area contributed by atoms with Gasteiger partial charge in [-0.3, -0.25) is 9.78 Å². The number of carbonyl (C=O) groups is 1. The summed E-state index contributed by atoms with van der Waals surface area (Å²) < 4.78 is 12.8. The molecule has 0 aliphatic heterocycles. The summed E-state index contributed by atoms with van der Waals surface area (Å²) in [6.45, 7) is 1.30. The number of aliphatic hydroxyl groups is 1. The first kappa shape index (κ1) is 16.6. The van der Waals surface area contributed by atoms with E-state index in [9.17, 15) is 19.4 Å². The second-order valence-corrected chi connectivity index (χ2v) is 4.89. The zero-order valence-corrected chi connectivity index (χ0v) is 12.5. The highest BCUT2D eigenvalue weighted by molar-refractivity contribution is 5.87. The Morgan fingerprint density at radius 2 is 2.09 bits per heavy atom. The van der Waals surface area contributed by atoms with Gasteiger partial charge in [-0.05, 0) is 24.6 Å². The zero-order chi connectivity index (χ0) is 16.8. The lowest BCUT2D eigenvalue weighted by atomic mass is 10.1. The molecule has 1 amide bonds. The third-order valence-corrected chi connectivity index (χ3v) is 3.19. The van der Waals surface area contributed by atoms with Crippen LogP contribution < -0.4 is 5.43 Å². The summed E-state index contributed by atoms with van der Waals surface area (Å²) in [7, 11) is 0. The molecular formula is C16H16FN3O3. The normalized spacial score (nSPS) is 10.9. The molecule has 2 rings (SSSR count). The van der Waals surface area contributed by atoms with Crippen molar-refractivity contribution in [3.63, 3.8) is 0 Å². The molecule has 0 saturated heterocycles. The molecule has 1 aromatic heterocycles. The Morgan fingerprint density at radius 3 is 2.74 bits per heavy atom. The highest BCUT2D eigenvalue weighted by atomic mass is 19.1. The number of amides is 1. The average Bonchev–Trinajstić information content (AvgIpc) is 2.54. The van der Waals surface area contributed by atoms with Crippen molar-refractivity contribution in [2.75, 3.05) is 0 Å². The zero-order valence-electron chi connectivity index (χ0n) is 12.5. The first-order valence-corrected chi connectivity index (χ1v) is 6.86. The predicted octanol–water partition coefficient (Wildman–Crippen LogP) is 1.42. The van der Waals surface area contributed by atoms with E-state index < -0.39 is 0 Å². The van der Waals surface area contributed by atoms with E-state index in [-0.39, 0.29) is 30.5 Å². The molecule has 0 spiro atoms. The van der Waals surface area contributed by atoms with Gasteiger partial charge >= 0.3 is 0 Å². The minimum Gasteiger partial charge on any atom is -0.505 e. The van der Waals surface area contributed by atoms with Crippen LogP contribution in [0.25, 0.3) is 0 Å². The van der Waals surface area contributed by atoms with E-state index in [0.717, 1.165) is 0 Å². The van der Waals surface area contributed by atoms with E-state index in [1.807, 2.05) is 0 Å². The Morgan fingerprint density at radius 1 is 1.39 bits per heavy atom. The van der Waals surface area contributed by atoms with Crippen LogP contribution in [0.2, 0.25) is 0 Å². The number of aromatic nitrogens is 1. The quantitative estimate of drug-likeness (QED) is 0.574. The second kappa shape index (κ2) is 7.46. The summed E-state index contributed by atoms with van der Waals surface area (Å²) >= 11 is 0. The number of rotatable bonds is 5. The minimum absolute atomic E-state index is 0.0475. The maximum absolute atomic E-state index is 12.8. The number of carbonyl (C=O) groups excluding carboxylic acids is 1. The monoisotopic (exact) mass is 317 g/mol. The number of hydrazone groups is 1. The highest BCUT2D eigenvalue weighted by Gasteiger charge is 2.09. The summed E-state index contributed by atoms with van der Waals surface area (Å²) in [4.78, 5) is 15.7. The van der Waals surface area contributed by atoms with Crippen LogP contribution in [0.4, 0.5) is 4.39 Å². The lowest BCUT2D eigenvalue weighted by molar-refractivity contribution is -0.120. The standard InChI is InChI=1S/C16H16FN3O3/c1-10-16(23)14(12(9-21)7-18-10)8-19-20-15(22)6-11-2-4-13(17)5-3-11/h2-5,7-8,21,23H,6,9H2,1H3,(H,20,22). The molecule has 0 aliphatic rings. The van der Waals surface area contributed by atoms with Crippen LogP contribution in [0.3, 0.4) is 0 Å². The van der Waals surface area contributed by atoms with E-state index in [2.05, 4.69) is 15.5 Å². The van der Waals surface area contributed by atoms with Gasteiger partial charge in [-0.2, -0.15) is 5.10 Å². The minimum atomic E-state index is -0.385. The number of nitrogens with zero attached hydrogens (tertiary/aromatic N) is 2. The summed E-state index contributed by atoms with van der Waals surface area (Å²) in [5.74, 6) is -0.857. The number of aromatic hydroxyl groups is 1. The molecule has 0 unspecified atom stereocenters. The van der Waals surface area contributed by atoms with E-state index >= 15 is 0 Å². The molecular weight excluding hydrogens is 301 g/mol. The maximum Gasteiger partial charge on any atom is 0.244 e. The van der Waals surface area contributed by atoms with Crippen molar-refractivity contribution < 1.29 is 19.4 Å². The SMILES string of the molecule is Cc1ncc(CO)c(C=NNC(=O)Cc2ccc(F)cc2)c1O. The lowest BCUT2D eigenvalue weighted by Crippen LogP contribution is -2.19. The van der Waals surface area contributed by atoms with Gasteiger partial charge in [0.1, 0.15) is 11.6 Å². The van der Waals surface area contributed by atoms with E-state index in [0.29, 0.717) is 22.4 Å². The number of benzene rings is 1. The van der Waals surface area contributed by atoms with Crippen LogP contribution in [0.1, 0.15) is 22.4 Å². The first-order chi connectivity index (χ1) is 11.0. The predicted molar refractivity (Wildman–Crippen MR) is 82.4 cm³/mol. The van der Waals surface area contributed by atoms with Gasteiger partial charge in [-0.15, -0.1) is 0 Å². The van der Waals surface area contributed by atoms with Crippen LogP contribution in [0, 0.1) is 12.7 Å². The Balaban J connectivity index is 2.03. The van der Waals surface area contributed by atoms with Gasteiger partial charge < -0.3 is 10.2 Å². The van der Waals surface area contributed by atoms with Gasteiger partial charge in [0.05, 0.1) is 24.9 Å². The van der Waals surface area contributed by atoms with Gasteiger partial charge in [0.2, 0.25) is 5.91 Å². The second-order valence-electron chi connectivity index (χ2n) is 4.89. The van der Waals surface area contributed by atoms with Crippen LogP contribution in [-0.2, 0) is 17.8 Å². The molecule has 6 nitrogen and oxygen atoms in total. The summed E-state index contributed by atoms with van der Waals surface area (Å²) in [5.41, 5.74) is 4.04. The molecule has 23 heavy (non-hydrogen) atoms. The third kappa shape index (κ3) is 4.33. The van der Waals surface area contributed by atoms with E-state index in [1.54, 1.807) is 6.92 Å². The van der Waals surface area contributed by atoms with Crippen LogP contribution in [0.15, 0.2) is 35.6 Å². The smallest absolute Gasteiger partial charge is 0.244 e. The third-order valence-electron chi connectivity index (χ3n) is 3.19. The molecule has 0 fully saturated rings. The van der Waals surface area contributed by atoms with Crippen LogP contribution in [0.5, 0.6) is 5.75 Å². The van der Waals surface area contributed by atoms with E-state index in [4.69, 9.17) is 0 Å². The van der Waals surface area contributed by atoms with Gasteiger partial charge in [-0.25, -0.2) is 9.82 Å². The van der Waals surface area contributed by atoms with Crippen molar-refractivity contribution in [2.24, 2.45) is 5.10 Å². The number of aliphatic hydroxyl groups excluding tert-OH is 1. The molecule has 1 aromatic carbocycles. The lowest BCUT2D eigenvalue weighted by Gasteiger charge is -2.07. The Kier molecular flexibility index (Phi) is 5.37. The fourth-order valence-electron chi connectivity index (χ4n) is 1.92. The van der Waals surface area contributed by atoms with Crippen molar-refractivity contribution in [1.82, 2.24) is 10.4 Å². The number of pyridine rings is 1. The van der Waals surface area contributed by atoms with Gasteiger partial charge in [0.25, 0.3) is 0 Å². The number of aryl methyl sites for hydroxylation is 1. The Labute approximate surface area is 132 Å². The largest absolute Gasteiger partial charge is 0.505 e. The van der Waals surface area contributed by atoms with Crippen LogP contribution >= 0.6 is 0 Å². The number of hydrogen-bond acceptors (Lipinski definition) is 5. The molecule has 0 atom stereocenters. The highest BCUT2D eigenvalue weighted by Crippen LogP contribution is 2.21. The van der Waals surface area contributed by atoms with Gasteiger partial charge in [0, 0.05) is 17.3 Å². The van der Waals surface area contributed by atoms with Crippen molar-refractivity contribution in [1.29, 1.82) is 0 Å². The van der Waals surface area contributed by atoms with Crippen LogP contribution in [-0.4, -0.2) is 27.3 Å². The van der Waals surface area contributed by atoms with Crippen molar-refractivity contribution in [3.8, 4) is 5.75 Å².